The van der Waals surface area contributed by atoms with E-state index in [4.69, 9.17) is 4.74 Å². The molecule has 0 aliphatic carbocycles. The van der Waals surface area contributed by atoms with E-state index in [2.05, 4.69) is 10.3 Å². The fourth-order valence-corrected chi connectivity index (χ4v) is 3.37. The minimum atomic E-state index is -0.515. The molecule has 3 rings (SSSR count). The molecule has 1 aromatic heterocycles. The van der Waals surface area contributed by atoms with Gasteiger partial charge in [-0.25, -0.2) is 9.78 Å². The summed E-state index contributed by atoms with van der Waals surface area (Å²) in [5.74, 6) is -0.830. The van der Waals surface area contributed by atoms with Crippen LogP contribution in [-0.2, 0) is 9.53 Å². The molecule has 0 aliphatic heterocycles. The van der Waals surface area contributed by atoms with Crippen LogP contribution in [0.5, 0.6) is 0 Å². The first-order valence-electron chi connectivity index (χ1n) is 8.43. The average Bonchev–Trinajstić information content (AvgIpc) is 3.12. The van der Waals surface area contributed by atoms with Gasteiger partial charge in [0.15, 0.2) is 6.61 Å². The van der Waals surface area contributed by atoms with Gasteiger partial charge in [-0.05, 0) is 37.1 Å². The summed E-state index contributed by atoms with van der Waals surface area (Å²) in [6.07, 6.45) is 0.755. The number of amides is 1. The lowest BCUT2D eigenvalue weighted by Gasteiger charge is -2.17. The lowest BCUT2D eigenvalue weighted by molar-refractivity contribution is -0.125. The number of carbonyl (C=O) groups excluding carboxylic acids is 2. The minimum Gasteiger partial charge on any atom is -0.452 e. The molecular formula is C20H20N2O3S. The number of rotatable bonds is 6. The topological polar surface area (TPSA) is 68.3 Å². The summed E-state index contributed by atoms with van der Waals surface area (Å²) in [6, 6.07) is 13.1. The summed E-state index contributed by atoms with van der Waals surface area (Å²) >= 11 is 1.46. The predicted molar refractivity (Wildman–Crippen MR) is 102 cm³/mol. The van der Waals surface area contributed by atoms with Crippen LogP contribution in [-0.4, -0.2) is 23.5 Å². The molecule has 0 radical (unpaired) electrons. The Morgan fingerprint density at radius 3 is 2.69 bits per heavy atom. The van der Waals surface area contributed by atoms with E-state index in [1.807, 2.05) is 38.1 Å². The van der Waals surface area contributed by atoms with Gasteiger partial charge in [-0.1, -0.05) is 36.8 Å². The molecule has 0 bridgehead atoms. The molecule has 2 aromatic carbocycles. The molecule has 0 unspecified atom stereocenters. The quantitative estimate of drug-likeness (QED) is 0.667. The van der Waals surface area contributed by atoms with Crippen LogP contribution in [0.25, 0.3) is 10.2 Å². The molecule has 26 heavy (non-hydrogen) atoms. The lowest BCUT2D eigenvalue weighted by Crippen LogP contribution is -2.32. The number of fused-ring (bicyclic) bond motifs is 1. The van der Waals surface area contributed by atoms with Gasteiger partial charge in [0.25, 0.3) is 5.91 Å². The number of benzene rings is 2. The maximum atomic E-state index is 12.2. The highest BCUT2D eigenvalue weighted by molar-refractivity contribution is 7.16. The van der Waals surface area contributed by atoms with Crippen molar-refractivity contribution < 1.29 is 14.3 Å². The molecule has 0 saturated heterocycles. The second kappa shape index (κ2) is 8.10. The van der Waals surface area contributed by atoms with E-state index in [1.165, 1.54) is 16.9 Å². The van der Waals surface area contributed by atoms with Crippen LogP contribution in [0.4, 0.5) is 0 Å². The third-order valence-electron chi connectivity index (χ3n) is 4.12. The first-order chi connectivity index (χ1) is 12.6. The highest BCUT2D eigenvalue weighted by Gasteiger charge is 2.15. The molecule has 1 heterocycles. The number of carbonyl (C=O) groups is 2. The zero-order valence-corrected chi connectivity index (χ0v) is 15.5. The van der Waals surface area contributed by atoms with Crippen LogP contribution in [0.15, 0.2) is 48.0 Å². The average molecular weight is 368 g/mol. The Morgan fingerprint density at radius 1 is 1.19 bits per heavy atom. The Bertz CT molecular complexity index is 918. The summed E-state index contributed by atoms with van der Waals surface area (Å²) in [5, 5.41) is 2.91. The summed E-state index contributed by atoms with van der Waals surface area (Å²) < 4.78 is 6.06. The van der Waals surface area contributed by atoms with E-state index in [-0.39, 0.29) is 18.6 Å². The molecule has 0 spiro atoms. The molecule has 6 heteroatoms. The molecule has 1 N–H and O–H groups in total. The molecule has 134 valence electrons. The second-order valence-corrected chi connectivity index (χ2v) is 6.94. The standard InChI is InChI=1S/C20H20N2O3S/c1-3-16(14-6-4-13(2)5-7-14)22-19(23)11-25-20(24)15-8-9-17-18(10-15)26-12-21-17/h4-10,12,16H,3,11H2,1-2H3,(H,22,23)/t16-/m0/s1. The number of thiazole rings is 1. The number of aryl methyl sites for hydroxylation is 1. The fraction of sp³-hybridized carbons (Fsp3) is 0.250. The highest BCUT2D eigenvalue weighted by atomic mass is 32.1. The molecule has 0 aliphatic rings. The molecule has 1 amide bonds. The van der Waals surface area contributed by atoms with Crippen molar-refractivity contribution in [2.24, 2.45) is 0 Å². The van der Waals surface area contributed by atoms with Crippen molar-refractivity contribution in [3.05, 3.63) is 64.7 Å². The van der Waals surface area contributed by atoms with Crippen molar-refractivity contribution in [3.63, 3.8) is 0 Å². The van der Waals surface area contributed by atoms with E-state index in [0.29, 0.717) is 5.56 Å². The largest absolute Gasteiger partial charge is 0.452 e. The van der Waals surface area contributed by atoms with E-state index in [0.717, 1.165) is 22.2 Å². The summed E-state index contributed by atoms with van der Waals surface area (Å²) in [7, 11) is 0. The Balaban J connectivity index is 1.57. The SMILES string of the molecule is CC[C@H](NC(=O)COC(=O)c1ccc2ncsc2c1)c1ccc(C)cc1. The van der Waals surface area contributed by atoms with Gasteiger partial charge in [0.1, 0.15) is 0 Å². The van der Waals surface area contributed by atoms with Crippen molar-refractivity contribution in [3.8, 4) is 0 Å². The Labute approximate surface area is 156 Å². The number of ether oxygens (including phenoxy) is 1. The molecule has 0 fully saturated rings. The zero-order chi connectivity index (χ0) is 18.5. The van der Waals surface area contributed by atoms with E-state index < -0.39 is 5.97 Å². The van der Waals surface area contributed by atoms with Crippen LogP contribution < -0.4 is 5.32 Å². The van der Waals surface area contributed by atoms with E-state index in [9.17, 15) is 9.59 Å². The van der Waals surface area contributed by atoms with Gasteiger partial charge in [-0.3, -0.25) is 4.79 Å². The fourth-order valence-electron chi connectivity index (χ4n) is 2.65. The Hall–Kier alpha value is -2.73. The van der Waals surface area contributed by atoms with Crippen molar-refractivity contribution in [2.75, 3.05) is 6.61 Å². The van der Waals surface area contributed by atoms with Gasteiger partial charge in [-0.15, -0.1) is 11.3 Å². The number of esters is 1. The summed E-state index contributed by atoms with van der Waals surface area (Å²) in [4.78, 5) is 28.5. The second-order valence-electron chi connectivity index (χ2n) is 6.05. The van der Waals surface area contributed by atoms with E-state index in [1.54, 1.807) is 23.7 Å². The van der Waals surface area contributed by atoms with E-state index >= 15 is 0 Å². The van der Waals surface area contributed by atoms with Gasteiger partial charge in [0.2, 0.25) is 0 Å². The molecule has 0 saturated carbocycles. The first kappa shape index (κ1) is 18.1. The maximum Gasteiger partial charge on any atom is 0.338 e. The third kappa shape index (κ3) is 4.26. The monoisotopic (exact) mass is 368 g/mol. The van der Waals surface area contributed by atoms with Crippen molar-refractivity contribution in [1.29, 1.82) is 0 Å². The van der Waals surface area contributed by atoms with Gasteiger partial charge < -0.3 is 10.1 Å². The number of aromatic nitrogens is 1. The first-order valence-corrected chi connectivity index (χ1v) is 9.31. The molecular weight excluding hydrogens is 348 g/mol. The third-order valence-corrected chi connectivity index (χ3v) is 4.92. The van der Waals surface area contributed by atoms with Crippen molar-refractivity contribution >= 4 is 33.4 Å². The van der Waals surface area contributed by atoms with Crippen molar-refractivity contribution in [1.82, 2.24) is 10.3 Å². The number of hydrogen-bond acceptors (Lipinski definition) is 5. The molecule has 3 aromatic rings. The van der Waals surface area contributed by atoms with Gasteiger partial charge >= 0.3 is 5.97 Å². The van der Waals surface area contributed by atoms with Crippen LogP contribution in [0, 0.1) is 6.92 Å². The minimum absolute atomic E-state index is 0.102. The molecule has 5 nitrogen and oxygen atoms in total. The lowest BCUT2D eigenvalue weighted by atomic mass is 10.0. The van der Waals surface area contributed by atoms with Gasteiger partial charge in [0, 0.05) is 0 Å². The van der Waals surface area contributed by atoms with Crippen LogP contribution in [0.2, 0.25) is 0 Å². The summed E-state index contributed by atoms with van der Waals surface area (Å²) in [5.41, 5.74) is 5.19. The normalized spacial score (nSPS) is 11.9. The maximum absolute atomic E-state index is 12.2. The summed E-state index contributed by atoms with van der Waals surface area (Å²) in [6.45, 7) is 3.72. The Morgan fingerprint density at radius 2 is 1.96 bits per heavy atom. The van der Waals surface area contributed by atoms with Crippen molar-refractivity contribution in [2.45, 2.75) is 26.3 Å². The number of nitrogens with one attached hydrogen (secondary N) is 1. The van der Waals surface area contributed by atoms with Gasteiger partial charge in [0.05, 0.1) is 27.3 Å². The Kier molecular flexibility index (Phi) is 5.63. The van der Waals surface area contributed by atoms with Gasteiger partial charge in [-0.2, -0.15) is 0 Å². The number of hydrogen-bond donors (Lipinski definition) is 1. The highest BCUT2D eigenvalue weighted by Crippen LogP contribution is 2.20. The van der Waals surface area contributed by atoms with Crippen LogP contribution >= 0.6 is 11.3 Å². The zero-order valence-electron chi connectivity index (χ0n) is 14.7. The molecule has 1 atom stereocenters. The predicted octanol–water partition coefficient (Wildman–Crippen LogP) is 4.03. The van der Waals surface area contributed by atoms with Crippen LogP contribution in [0.3, 0.4) is 0 Å². The van der Waals surface area contributed by atoms with Crippen LogP contribution in [0.1, 0.15) is 40.9 Å². The number of nitrogens with zero attached hydrogens (tertiary/aromatic N) is 1. The smallest absolute Gasteiger partial charge is 0.338 e.